The summed E-state index contributed by atoms with van der Waals surface area (Å²) in [6, 6.07) is 6.74. The van der Waals surface area contributed by atoms with Crippen molar-refractivity contribution >= 4 is 11.8 Å². The lowest BCUT2D eigenvalue weighted by Crippen LogP contribution is -2.19. The van der Waals surface area contributed by atoms with Crippen LogP contribution in [0.4, 0.5) is 0 Å². The van der Waals surface area contributed by atoms with E-state index in [4.69, 9.17) is 5.11 Å². The van der Waals surface area contributed by atoms with E-state index in [1.54, 1.807) is 31.2 Å². The molecule has 0 spiro atoms. The van der Waals surface area contributed by atoms with Crippen molar-refractivity contribution in [1.29, 1.82) is 0 Å². The van der Waals surface area contributed by atoms with Gasteiger partial charge in [-0.25, -0.2) is 0 Å². The molecule has 2 amide bonds. The molecule has 74 valence electrons. The van der Waals surface area contributed by atoms with E-state index in [1.807, 2.05) is 0 Å². The van der Waals surface area contributed by atoms with E-state index in [0.717, 1.165) is 0 Å². The minimum Gasteiger partial charge on any atom is -0.397 e. The van der Waals surface area contributed by atoms with Crippen LogP contribution < -0.4 is 5.32 Å². The summed E-state index contributed by atoms with van der Waals surface area (Å²) in [6.07, 6.45) is 0. The van der Waals surface area contributed by atoms with Crippen LogP contribution in [0.15, 0.2) is 24.3 Å². The molecule has 2 rings (SSSR count). The molecule has 0 radical (unpaired) electrons. The first-order valence-corrected chi connectivity index (χ1v) is 4.26. The molecular formula is C10H11NO3. The van der Waals surface area contributed by atoms with Crippen LogP contribution in [0.5, 0.6) is 0 Å². The second kappa shape index (κ2) is 4.53. The van der Waals surface area contributed by atoms with Crippen molar-refractivity contribution in [2.45, 2.75) is 6.92 Å². The monoisotopic (exact) mass is 193 g/mol. The molecule has 0 fully saturated rings. The average Bonchev–Trinajstić information content (AvgIpc) is 2.45. The summed E-state index contributed by atoms with van der Waals surface area (Å²) in [5.74, 6) is -0.601. The topological polar surface area (TPSA) is 66.4 Å². The van der Waals surface area contributed by atoms with Crippen LogP contribution in [-0.4, -0.2) is 23.5 Å². The van der Waals surface area contributed by atoms with E-state index in [0.29, 0.717) is 11.1 Å². The second-order valence-corrected chi connectivity index (χ2v) is 2.65. The number of hydrogen-bond donors (Lipinski definition) is 2. The highest BCUT2D eigenvalue weighted by Crippen LogP contribution is 2.13. The van der Waals surface area contributed by atoms with Gasteiger partial charge in [-0.1, -0.05) is 12.1 Å². The molecular weight excluding hydrogens is 182 g/mol. The van der Waals surface area contributed by atoms with E-state index in [1.165, 1.54) is 0 Å². The van der Waals surface area contributed by atoms with Gasteiger partial charge in [0.1, 0.15) is 0 Å². The SMILES string of the molecule is CCO.O=C1NC(=O)c2ccccc21. The Morgan fingerprint density at radius 3 is 1.86 bits per heavy atom. The highest BCUT2D eigenvalue weighted by molar-refractivity contribution is 6.21. The van der Waals surface area contributed by atoms with Gasteiger partial charge in [-0.3, -0.25) is 14.9 Å². The van der Waals surface area contributed by atoms with Gasteiger partial charge in [-0.2, -0.15) is 0 Å². The zero-order chi connectivity index (χ0) is 10.6. The molecule has 0 saturated carbocycles. The summed E-state index contributed by atoms with van der Waals surface area (Å²) in [6.45, 7) is 1.93. The first-order valence-electron chi connectivity index (χ1n) is 4.26. The first-order chi connectivity index (χ1) is 6.70. The smallest absolute Gasteiger partial charge is 0.258 e. The Kier molecular flexibility index (Phi) is 3.36. The second-order valence-electron chi connectivity index (χ2n) is 2.65. The van der Waals surface area contributed by atoms with Crippen molar-refractivity contribution in [1.82, 2.24) is 5.32 Å². The molecule has 0 unspecified atom stereocenters. The summed E-state index contributed by atoms with van der Waals surface area (Å²) in [4.78, 5) is 21.9. The average molecular weight is 193 g/mol. The van der Waals surface area contributed by atoms with E-state index >= 15 is 0 Å². The number of nitrogens with one attached hydrogen (secondary N) is 1. The summed E-state index contributed by atoms with van der Waals surface area (Å²) in [5.41, 5.74) is 0.940. The molecule has 1 heterocycles. The fourth-order valence-electron chi connectivity index (χ4n) is 1.12. The maximum absolute atomic E-state index is 10.9. The predicted molar refractivity (Wildman–Crippen MR) is 51.0 cm³/mol. The van der Waals surface area contributed by atoms with Crippen molar-refractivity contribution in [2.24, 2.45) is 0 Å². The fourth-order valence-corrected chi connectivity index (χ4v) is 1.12. The third-order valence-corrected chi connectivity index (χ3v) is 1.64. The maximum atomic E-state index is 10.9. The van der Waals surface area contributed by atoms with Gasteiger partial charge in [-0.05, 0) is 19.1 Å². The van der Waals surface area contributed by atoms with E-state index in [-0.39, 0.29) is 18.4 Å². The van der Waals surface area contributed by atoms with Gasteiger partial charge >= 0.3 is 0 Å². The van der Waals surface area contributed by atoms with Crippen LogP contribution in [-0.2, 0) is 0 Å². The van der Waals surface area contributed by atoms with Gasteiger partial charge in [0, 0.05) is 6.61 Å². The van der Waals surface area contributed by atoms with Crippen LogP contribution in [0.1, 0.15) is 27.6 Å². The summed E-state index contributed by atoms with van der Waals surface area (Å²) < 4.78 is 0. The Labute approximate surface area is 81.6 Å². The third-order valence-electron chi connectivity index (χ3n) is 1.64. The van der Waals surface area contributed by atoms with Gasteiger partial charge in [0.05, 0.1) is 11.1 Å². The molecule has 1 aromatic carbocycles. The minimum absolute atomic E-state index is 0.250. The van der Waals surface area contributed by atoms with Crippen molar-refractivity contribution in [3.05, 3.63) is 35.4 Å². The Morgan fingerprint density at radius 1 is 1.14 bits per heavy atom. The van der Waals surface area contributed by atoms with Gasteiger partial charge in [0.15, 0.2) is 0 Å². The minimum atomic E-state index is -0.300. The molecule has 14 heavy (non-hydrogen) atoms. The van der Waals surface area contributed by atoms with Crippen LogP contribution in [0.2, 0.25) is 0 Å². The van der Waals surface area contributed by atoms with Crippen molar-refractivity contribution < 1.29 is 14.7 Å². The van der Waals surface area contributed by atoms with Gasteiger partial charge in [0.2, 0.25) is 0 Å². The molecule has 1 aromatic rings. The van der Waals surface area contributed by atoms with Gasteiger partial charge in [0.25, 0.3) is 11.8 Å². The number of aliphatic hydroxyl groups excluding tert-OH is 1. The number of aliphatic hydroxyl groups is 1. The molecule has 0 atom stereocenters. The lowest BCUT2D eigenvalue weighted by Gasteiger charge is -1.88. The Morgan fingerprint density at radius 2 is 1.50 bits per heavy atom. The predicted octanol–water partition coefficient (Wildman–Crippen LogP) is 0.569. The largest absolute Gasteiger partial charge is 0.397 e. The zero-order valence-corrected chi connectivity index (χ0v) is 7.78. The molecule has 1 aliphatic heterocycles. The number of benzene rings is 1. The summed E-state index contributed by atoms with van der Waals surface area (Å²) >= 11 is 0. The standard InChI is InChI=1S/C8H5NO2.C2H6O/c10-7-5-3-1-2-4-6(5)8(11)9-7;1-2-3/h1-4H,(H,9,10,11);3H,2H2,1H3. The number of carbonyl (C=O) groups excluding carboxylic acids is 2. The van der Waals surface area contributed by atoms with Crippen molar-refractivity contribution in [2.75, 3.05) is 6.61 Å². The van der Waals surface area contributed by atoms with E-state index in [9.17, 15) is 9.59 Å². The van der Waals surface area contributed by atoms with E-state index in [2.05, 4.69) is 5.32 Å². The Bertz CT molecular complexity index is 327. The van der Waals surface area contributed by atoms with Crippen LogP contribution in [0.25, 0.3) is 0 Å². The summed E-state index contributed by atoms with van der Waals surface area (Å²) in [7, 11) is 0. The fraction of sp³-hybridized carbons (Fsp3) is 0.200. The number of fused-ring (bicyclic) bond motifs is 1. The zero-order valence-electron chi connectivity index (χ0n) is 7.78. The van der Waals surface area contributed by atoms with Crippen molar-refractivity contribution in [3.8, 4) is 0 Å². The highest BCUT2D eigenvalue weighted by atomic mass is 16.2. The van der Waals surface area contributed by atoms with Gasteiger partial charge in [-0.15, -0.1) is 0 Å². The molecule has 4 nitrogen and oxygen atoms in total. The first kappa shape index (κ1) is 10.4. The molecule has 4 heteroatoms. The number of imide groups is 1. The lowest BCUT2D eigenvalue weighted by molar-refractivity contribution is 0.0879. The summed E-state index contributed by atoms with van der Waals surface area (Å²) in [5, 5.41) is 9.77. The molecule has 1 aliphatic rings. The van der Waals surface area contributed by atoms with E-state index < -0.39 is 0 Å². The molecule has 0 bridgehead atoms. The Balaban J connectivity index is 0.000000293. The molecule has 0 saturated heterocycles. The number of carbonyl (C=O) groups is 2. The maximum Gasteiger partial charge on any atom is 0.258 e. The molecule has 0 aromatic heterocycles. The lowest BCUT2D eigenvalue weighted by atomic mass is 10.1. The van der Waals surface area contributed by atoms with Crippen molar-refractivity contribution in [3.63, 3.8) is 0 Å². The van der Waals surface area contributed by atoms with Crippen LogP contribution in [0.3, 0.4) is 0 Å². The molecule has 2 N–H and O–H groups in total. The molecule has 0 aliphatic carbocycles. The third kappa shape index (κ3) is 1.97. The number of rotatable bonds is 0. The number of amides is 2. The Hall–Kier alpha value is -1.68. The number of hydrogen-bond acceptors (Lipinski definition) is 3. The van der Waals surface area contributed by atoms with Gasteiger partial charge < -0.3 is 5.11 Å². The normalized spacial score (nSPS) is 12.7. The quantitative estimate of drug-likeness (QED) is 0.592. The van der Waals surface area contributed by atoms with Crippen LogP contribution >= 0.6 is 0 Å². The van der Waals surface area contributed by atoms with Crippen LogP contribution in [0, 0.1) is 0 Å². The highest BCUT2D eigenvalue weighted by Gasteiger charge is 2.25.